The summed E-state index contributed by atoms with van der Waals surface area (Å²) < 4.78 is 52.1. The fourth-order valence-electron chi connectivity index (χ4n) is 4.93. The van der Waals surface area contributed by atoms with Crippen LogP contribution in [-0.4, -0.2) is 71.6 Å². The van der Waals surface area contributed by atoms with Crippen molar-refractivity contribution in [3.05, 3.63) is 89.3 Å². The number of carbonyl (C=O) groups excluding carboxylic acids is 1. The number of amides is 1. The average Bonchev–Trinajstić information content (AvgIpc) is 3.59. The molecule has 1 amide bonds. The van der Waals surface area contributed by atoms with Crippen LogP contribution < -0.4 is 5.32 Å². The van der Waals surface area contributed by atoms with Crippen LogP contribution in [0.15, 0.2) is 65.4 Å². The van der Waals surface area contributed by atoms with E-state index in [9.17, 15) is 18.0 Å². The number of fused-ring (bicyclic) bond motifs is 1. The van der Waals surface area contributed by atoms with Crippen LogP contribution in [0.1, 0.15) is 33.1 Å². The number of benzene rings is 2. The second-order valence-corrected chi connectivity index (χ2v) is 9.81. The highest BCUT2D eigenvalue weighted by Crippen LogP contribution is 2.32. The van der Waals surface area contributed by atoms with E-state index in [2.05, 4.69) is 20.2 Å². The smallest absolute Gasteiger partial charge is 0.416 e. The second kappa shape index (κ2) is 12.7. The molecule has 4 aromatic rings. The number of oxazole rings is 1. The summed E-state index contributed by atoms with van der Waals surface area (Å²) in [5.41, 5.74) is 1.71. The van der Waals surface area contributed by atoms with E-state index in [1.54, 1.807) is 6.07 Å². The Balaban J connectivity index is 1.27. The lowest BCUT2D eigenvalue weighted by Gasteiger charge is -2.26. The zero-order valence-corrected chi connectivity index (χ0v) is 22.0. The molecule has 0 aliphatic carbocycles. The van der Waals surface area contributed by atoms with Crippen LogP contribution in [-0.2, 0) is 30.4 Å². The Morgan fingerprint density at radius 3 is 2.65 bits per heavy atom. The van der Waals surface area contributed by atoms with Crippen LogP contribution in [0.25, 0.3) is 10.9 Å². The lowest BCUT2D eigenvalue weighted by Crippen LogP contribution is -2.41. The number of alkyl halides is 3. The molecule has 5 rings (SSSR count). The van der Waals surface area contributed by atoms with Gasteiger partial charge in [0.05, 0.1) is 25.3 Å². The van der Waals surface area contributed by atoms with Crippen molar-refractivity contribution in [2.75, 3.05) is 45.9 Å². The molecule has 0 spiro atoms. The molecule has 8 nitrogen and oxygen atoms in total. The number of H-pyrrole nitrogens is 1. The van der Waals surface area contributed by atoms with E-state index in [1.807, 2.05) is 35.4 Å². The first kappa shape index (κ1) is 27.9. The monoisotopic (exact) mass is 555 g/mol. The molecule has 3 heterocycles. The normalized spacial score (nSPS) is 14.7. The number of hydrogen-bond acceptors (Lipinski definition) is 6. The van der Waals surface area contributed by atoms with E-state index < -0.39 is 11.7 Å². The third kappa shape index (κ3) is 7.09. The van der Waals surface area contributed by atoms with Crippen LogP contribution in [0, 0.1) is 0 Å². The minimum absolute atomic E-state index is 0.0432. The molecule has 212 valence electrons. The Morgan fingerprint density at radius 2 is 1.82 bits per heavy atom. The van der Waals surface area contributed by atoms with Crippen molar-refractivity contribution < 1.29 is 27.1 Å². The average molecular weight is 556 g/mol. The van der Waals surface area contributed by atoms with Gasteiger partial charge in [0, 0.05) is 56.4 Å². The maximum atomic E-state index is 13.7. The number of rotatable bonds is 11. The van der Waals surface area contributed by atoms with Gasteiger partial charge in [-0.3, -0.25) is 14.6 Å². The number of nitrogens with zero attached hydrogens (tertiary/aromatic N) is 3. The molecule has 2 aromatic carbocycles. The summed E-state index contributed by atoms with van der Waals surface area (Å²) >= 11 is 0. The van der Waals surface area contributed by atoms with Gasteiger partial charge >= 0.3 is 6.18 Å². The summed E-state index contributed by atoms with van der Waals surface area (Å²) in [7, 11) is 0. The number of morpholine rings is 1. The topological polar surface area (TPSA) is 86.6 Å². The molecule has 2 aromatic heterocycles. The molecule has 0 radical (unpaired) electrons. The first-order chi connectivity index (χ1) is 19.4. The van der Waals surface area contributed by atoms with Gasteiger partial charge in [-0.15, -0.1) is 0 Å². The summed E-state index contributed by atoms with van der Waals surface area (Å²) in [5, 5.41) is 3.93. The van der Waals surface area contributed by atoms with Crippen molar-refractivity contribution in [2.45, 2.75) is 25.7 Å². The summed E-state index contributed by atoms with van der Waals surface area (Å²) in [6.07, 6.45) is -0.639. The van der Waals surface area contributed by atoms with Gasteiger partial charge in [-0.1, -0.05) is 36.4 Å². The number of hydrogen-bond donors (Lipinski definition) is 2. The molecule has 1 saturated heterocycles. The predicted octanol–water partition coefficient (Wildman–Crippen LogP) is 4.48. The van der Waals surface area contributed by atoms with E-state index >= 15 is 0 Å². The third-order valence-corrected chi connectivity index (χ3v) is 7.05. The molecule has 11 heteroatoms. The number of nitrogens with one attached hydrogen (secondary N) is 2. The first-order valence-corrected chi connectivity index (χ1v) is 13.3. The van der Waals surface area contributed by atoms with Gasteiger partial charge in [0.2, 0.25) is 5.89 Å². The summed E-state index contributed by atoms with van der Waals surface area (Å²) in [6, 6.07) is 13.5. The third-order valence-electron chi connectivity index (χ3n) is 7.05. The van der Waals surface area contributed by atoms with Gasteiger partial charge in [0.25, 0.3) is 5.91 Å². The zero-order valence-electron chi connectivity index (χ0n) is 22.0. The van der Waals surface area contributed by atoms with Crippen LogP contribution in [0.3, 0.4) is 0 Å². The number of aromatic nitrogens is 2. The molecule has 1 aliphatic rings. The van der Waals surface area contributed by atoms with Crippen LogP contribution in [0.4, 0.5) is 13.2 Å². The Kier molecular flexibility index (Phi) is 8.83. The van der Waals surface area contributed by atoms with Gasteiger partial charge in [-0.2, -0.15) is 13.2 Å². The molecule has 0 saturated carbocycles. The van der Waals surface area contributed by atoms with Gasteiger partial charge in [0.1, 0.15) is 6.26 Å². The van der Waals surface area contributed by atoms with E-state index in [0.29, 0.717) is 39.3 Å². The molecular weight excluding hydrogens is 523 g/mol. The number of halogens is 3. The zero-order chi connectivity index (χ0) is 28.0. The highest BCUT2D eigenvalue weighted by molar-refractivity contribution is 5.91. The Labute approximate surface area is 230 Å². The number of para-hydroxylation sites is 1. The molecule has 1 fully saturated rings. The lowest BCUT2D eigenvalue weighted by atomic mass is 10.1. The Bertz CT molecular complexity index is 1410. The van der Waals surface area contributed by atoms with Gasteiger partial charge < -0.3 is 19.5 Å². The van der Waals surface area contributed by atoms with Crippen molar-refractivity contribution in [3.63, 3.8) is 0 Å². The largest absolute Gasteiger partial charge is 0.447 e. The predicted molar refractivity (Wildman–Crippen MR) is 144 cm³/mol. The number of aromatic amines is 1. The van der Waals surface area contributed by atoms with Crippen LogP contribution in [0.2, 0.25) is 0 Å². The fourth-order valence-corrected chi connectivity index (χ4v) is 4.93. The highest BCUT2D eigenvalue weighted by atomic mass is 19.4. The van der Waals surface area contributed by atoms with E-state index in [1.165, 1.54) is 18.4 Å². The summed E-state index contributed by atoms with van der Waals surface area (Å²) in [4.78, 5) is 24.3. The maximum absolute atomic E-state index is 13.7. The molecule has 0 unspecified atom stereocenters. The SMILES string of the molecule is O=C(NCCN1CCOCC1)c1coc(CN(CCc2c[nH]c3ccccc23)Cc2ccccc2C(F)(F)F)n1. The summed E-state index contributed by atoms with van der Waals surface area (Å²) in [5.74, 6) is -0.0854. The molecule has 40 heavy (non-hydrogen) atoms. The number of carbonyl (C=O) groups is 1. The summed E-state index contributed by atoms with van der Waals surface area (Å²) in [6.45, 7) is 4.85. The molecular formula is C29H32F3N5O3. The van der Waals surface area contributed by atoms with E-state index in [0.717, 1.165) is 35.6 Å². The minimum Gasteiger partial charge on any atom is -0.447 e. The van der Waals surface area contributed by atoms with Crippen molar-refractivity contribution in [3.8, 4) is 0 Å². The van der Waals surface area contributed by atoms with Crippen LogP contribution in [0.5, 0.6) is 0 Å². The highest BCUT2D eigenvalue weighted by Gasteiger charge is 2.33. The van der Waals surface area contributed by atoms with Gasteiger partial charge in [0.15, 0.2) is 5.69 Å². The lowest BCUT2D eigenvalue weighted by molar-refractivity contribution is -0.138. The minimum atomic E-state index is -4.46. The standard InChI is InChI=1S/C29H32F3N5O3/c30-29(31,32)24-7-3-1-5-22(24)18-37(11-9-21-17-34-25-8-4-2-6-23(21)25)19-27-35-26(20-40-27)28(38)33-10-12-36-13-15-39-16-14-36/h1-8,17,20,34H,9-16,18-19H2,(H,33,38). The van der Waals surface area contributed by atoms with Gasteiger partial charge in [-0.05, 0) is 29.7 Å². The van der Waals surface area contributed by atoms with Crippen LogP contribution >= 0.6 is 0 Å². The maximum Gasteiger partial charge on any atom is 0.416 e. The second-order valence-electron chi connectivity index (χ2n) is 9.81. The quantitative estimate of drug-likeness (QED) is 0.284. The fraction of sp³-hybridized carbons (Fsp3) is 0.379. The Hall–Kier alpha value is -3.67. The molecule has 2 N–H and O–H groups in total. The van der Waals surface area contributed by atoms with Crippen molar-refractivity contribution in [1.29, 1.82) is 0 Å². The Morgan fingerprint density at radius 1 is 1.05 bits per heavy atom. The van der Waals surface area contributed by atoms with E-state index in [-0.39, 0.29) is 36.1 Å². The molecule has 1 aliphatic heterocycles. The number of ether oxygens (including phenoxy) is 1. The van der Waals surface area contributed by atoms with E-state index in [4.69, 9.17) is 9.15 Å². The van der Waals surface area contributed by atoms with Crippen molar-refractivity contribution in [1.82, 2.24) is 25.1 Å². The first-order valence-electron chi connectivity index (χ1n) is 13.3. The van der Waals surface area contributed by atoms with Crippen molar-refractivity contribution in [2.24, 2.45) is 0 Å². The molecule has 0 bridgehead atoms. The van der Waals surface area contributed by atoms with Gasteiger partial charge in [-0.25, -0.2) is 4.98 Å². The molecule has 0 atom stereocenters. The van der Waals surface area contributed by atoms with Crippen molar-refractivity contribution >= 4 is 16.8 Å².